The van der Waals surface area contributed by atoms with Gasteiger partial charge in [-0.25, -0.2) is 0 Å². The van der Waals surface area contributed by atoms with Crippen LogP contribution in [0.15, 0.2) is 4.79 Å². The van der Waals surface area contributed by atoms with Crippen LogP contribution in [0.5, 0.6) is 5.88 Å². The summed E-state index contributed by atoms with van der Waals surface area (Å²) in [7, 11) is 0. The molecule has 0 amide bonds. The normalized spacial score (nSPS) is 9.70. The zero-order chi connectivity index (χ0) is 7.72. The highest BCUT2D eigenvalue weighted by Crippen LogP contribution is 2.10. The first-order valence-electron chi connectivity index (χ1n) is 2.35. The predicted octanol–water partition coefficient (Wildman–Crippen LogP) is -0.338. The molecule has 0 aromatic carbocycles. The Kier molecular flexibility index (Phi) is 1.79. The first kappa shape index (κ1) is 7.32. The number of rotatable bonds is 0. The molecule has 0 aliphatic rings. The molecule has 54 valence electrons. The maximum absolute atomic E-state index is 10.7. The lowest BCUT2D eigenvalue weighted by Crippen LogP contribution is -2.13. The van der Waals surface area contributed by atoms with Crippen molar-refractivity contribution in [1.82, 2.24) is 9.97 Å². The molecule has 0 atom stereocenters. The summed E-state index contributed by atoms with van der Waals surface area (Å²) < 4.78 is 0.145. The van der Waals surface area contributed by atoms with Gasteiger partial charge < -0.3 is 10.8 Å². The van der Waals surface area contributed by atoms with Crippen molar-refractivity contribution in [2.75, 3.05) is 5.73 Å². The maximum atomic E-state index is 10.7. The fourth-order valence-electron chi connectivity index (χ4n) is 0.464. The summed E-state index contributed by atoms with van der Waals surface area (Å²) in [4.78, 5) is 16.3. The van der Waals surface area contributed by atoms with Crippen molar-refractivity contribution >= 4 is 28.5 Å². The summed E-state index contributed by atoms with van der Waals surface area (Å²) in [6.45, 7) is 0. The minimum Gasteiger partial charge on any atom is -0.492 e. The average Bonchev–Trinajstić information content (AvgIpc) is 1.82. The molecule has 10 heavy (non-hydrogen) atoms. The van der Waals surface area contributed by atoms with E-state index < -0.39 is 5.56 Å². The number of H-pyrrole nitrogens is 1. The van der Waals surface area contributed by atoms with E-state index in [4.69, 9.17) is 10.8 Å². The highest BCUT2D eigenvalue weighted by molar-refractivity contribution is 14.1. The molecule has 0 radical (unpaired) electrons. The van der Waals surface area contributed by atoms with Gasteiger partial charge >= 0.3 is 0 Å². The lowest BCUT2D eigenvalue weighted by Gasteiger charge is -1.94. The predicted molar refractivity (Wildman–Crippen MR) is 43.7 cm³/mol. The van der Waals surface area contributed by atoms with Gasteiger partial charge in [0.2, 0.25) is 11.8 Å². The van der Waals surface area contributed by atoms with Crippen molar-refractivity contribution in [3.63, 3.8) is 0 Å². The van der Waals surface area contributed by atoms with Gasteiger partial charge in [-0.05, 0) is 22.6 Å². The van der Waals surface area contributed by atoms with Gasteiger partial charge in [0.25, 0.3) is 5.56 Å². The van der Waals surface area contributed by atoms with Gasteiger partial charge in [0, 0.05) is 0 Å². The molecule has 1 heterocycles. The van der Waals surface area contributed by atoms with Crippen LogP contribution in [0.25, 0.3) is 0 Å². The van der Waals surface area contributed by atoms with Crippen molar-refractivity contribution in [2.24, 2.45) is 0 Å². The van der Waals surface area contributed by atoms with E-state index in [9.17, 15) is 4.79 Å². The van der Waals surface area contributed by atoms with E-state index in [2.05, 4.69) is 9.97 Å². The summed E-state index contributed by atoms with van der Waals surface area (Å²) in [5.41, 5.74) is 4.67. The number of aromatic hydroxyl groups is 1. The Morgan fingerprint density at radius 1 is 1.70 bits per heavy atom. The summed E-state index contributed by atoms with van der Waals surface area (Å²) in [5, 5.41) is 8.86. The van der Waals surface area contributed by atoms with Gasteiger partial charge in [0.1, 0.15) is 3.57 Å². The largest absolute Gasteiger partial charge is 0.492 e. The fraction of sp³-hybridized carbons (Fsp3) is 0. The van der Waals surface area contributed by atoms with E-state index in [1.54, 1.807) is 22.6 Å². The standard InChI is InChI=1S/C4H4IN3O2/c5-1-2(9)7-4(6)8-3(1)10/h(H4,6,7,8,9,10). The molecular formula is C4H4IN3O2. The van der Waals surface area contributed by atoms with Crippen LogP contribution in [0.1, 0.15) is 0 Å². The van der Waals surface area contributed by atoms with E-state index in [-0.39, 0.29) is 15.4 Å². The molecule has 0 spiro atoms. The fourth-order valence-corrected chi connectivity index (χ4v) is 0.719. The summed E-state index contributed by atoms with van der Waals surface area (Å²) in [6.07, 6.45) is 0. The van der Waals surface area contributed by atoms with Gasteiger partial charge in [-0.15, -0.1) is 0 Å². The monoisotopic (exact) mass is 253 g/mol. The smallest absolute Gasteiger partial charge is 0.269 e. The van der Waals surface area contributed by atoms with Gasteiger partial charge in [0.15, 0.2) is 0 Å². The molecule has 1 aromatic heterocycles. The number of nitrogens with two attached hydrogens (primary N) is 1. The Balaban J connectivity index is 3.46. The van der Waals surface area contributed by atoms with Crippen molar-refractivity contribution < 1.29 is 5.11 Å². The molecule has 6 heteroatoms. The second-order valence-electron chi connectivity index (χ2n) is 1.59. The quantitative estimate of drug-likeness (QED) is 0.551. The summed E-state index contributed by atoms with van der Waals surface area (Å²) in [6, 6.07) is 0. The number of halogens is 1. The van der Waals surface area contributed by atoms with Crippen LogP contribution in [-0.2, 0) is 0 Å². The Morgan fingerprint density at radius 2 is 2.30 bits per heavy atom. The van der Waals surface area contributed by atoms with E-state index in [1.807, 2.05) is 0 Å². The van der Waals surface area contributed by atoms with Gasteiger partial charge in [-0.3, -0.25) is 9.78 Å². The molecule has 0 aliphatic heterocycles. The highest BCUT2D eigenvalue weighted by atomic mass is 127. The second kappa shape index (κ2) is 2.45. The number of nitrogens with one attached hydrogen (secondary N) is 1. The lowest BCUT2D eigenvalue weighted by atomic mass is 10.6. The van der Waals surface area contributed by atoms with Gasteiger partial charge in [0.05, 0.1) is 0 Å². The van der Waals surface area contributed by atoms with E-state index in [0.29, 0.717) is 0 Å². The van der Waals surface area contributed by atoms with Crippen LogP contribution in [0.2, 0.25) is 0 Å². The molecule has 0 unspecified atom stereocenters. The maximum Gasteiger partial charge on any atom is 0.269 e. The molecule has 0 saturated heterocycles. The number of nitrogens with zero attached hydrogens (tertiary/aromatic N) is 1. The van der Waals surface area contributed by atoms with E-state index in [1.165, 1.54) is 0 Å². The van der Waals surface area contributed by atoms with Crippen molar-refractivity contribution in [3.8, 4) is 5.88 Å². The molecular weight excluding hydrogens is 249 g/mol. The minimum absolute atomic E-state index is 0.0806. The van der Waals surface area contributed by atoms with Gasteiger partial charge in [-0.2, -0.15) is 4.98 Å². The van der Waals surface area contributed by atoms with Crippen molar-refractivity contribution in [2.45, 2.75) is 0 Å². The van der Waals surface area contributed by atoms with Gasteiger partial charge in [-0.1, -0.05) is 0 Å². The third-order valence-electron chi connectivity index (χ3n) is 0.864. The second-order valence-corrected chi connectivity index (χ2v) is 2.67. The molecule has 0 fully saturated rings. The van der Waals surface area contributed by atoms with Crippen LogP contribution in [0.4, 0.5) is 5.95 Å². The van der Waals surface area contributed by atoms with E-state index >= 15 is 0 Å². The number of hydrogen-bond donors (Lipinski definition) is 3. The topological polar surface area (TPSA) is 92.0 Å². The number of nitrogen functional groups attached to an aromatic ring is 1. The Hall–Kier alpha value is -0.790. The molecule has 0 bridgehead atoms. The van der Waals surface area contributed by atoms with E-state index in [0.717, 1.165) is 0 Å². The Morgan fingerprint density at radius 3 is 2.80 bits per heavy atom. The summed E-state index contributed by atoms with van der Waals surface area (Å²) in [5.74, 6) is -0.412. The minimum atomic E-state index is -0.425. The lowest BCUT2D eigenvalue weighted by molar-refractivity contribution is 0.448. The molecule has 1 rings (SSSR count). The number of aromatic amines is 1. The summed E-state index contributed by atoms with van der Waals surface area (Å²) >= 11 is 1.67. The zero-order valence-electron chi connectivity index (χ0n) is 4.76. The molecule has 0 saturated carbocycles. The zero-order valence-corrected chi connectivity index (χ0v) is 6.92. The first-order chi connectivity index (χ1) is 4.61. The number of aromatic nitrogens is 2. The molecule has 0 aliphatic carbocycles. The van der Waals surface area contributed by atoms with Crippen molar-refractivity contribution in [1.29, 1.82) is 0 Å². The van der Waals surface area contributed by atoms with Crippen molar-refractivity contribution in [3.05, 3.63) is 13.9 Å². The third kappa shape index (κ3) is 1.20. The van der Waals surface area contributed by atoms with Crippen LogP contribution in [0.3, 0.4) is 0 Å². The Bertz CT molecular complexity index is 308. The highest BCUT2D eigenvalue weighted by Gasteiger charge is 2.03. The number of hydrogen-bond acceptors (Lipinski definition) is 4. The van der Waals surface area contributed by atoms with Crippen LogP contribution in [0, 0.1) is 3.57 Å². The van der Waals surface area contributed by atoms with Crippen LogP contribution in [-0.4, -0.2) is 15.1 Å². The first-order valence-corrected chi connectivity index (χ1v) is 3.43. The Labute approximate surface area is 69.4 Å². The van der Waals surface area contributed by atoms with Crippen LogP contribution < -0.4 is 11.3 Å². The SMILES string of the molecule is Nc1nc(O)c(I)c(=O)[nH]1. The third-order valence-corrected chi connectivity index (χ3v) is 1.84. The molecule has 1 aromatic rings. The average molecular weight is 253 g/mol. The molecule has 4 N–H and O–H groups in total. The number of anilines is 1. The molecule has 5 nitrogen and oxygen atoms in total. The van der Waals surface area contributed by atoms with Crippen LogP contribution >= 0.6 is 22.6 Å².